The van der Waals surface area contributed by atoms with Crippen LogP contribution in [0.3, 0.4) is 0 Å². The fourth-order valence-corrected chi connectivity index (χ4v) is 1.01. The number of hydrogen-bond donors (Lipinski definition) is 0. The molecule has 0 N–H and O–H groups in total. The average molecular weight is 159 g/mol. The van der Waals surface area contributed by atoms with Crippen molar-refractivity contribution in [3.8, 4) is 0 Å². The SMILES string of the molecule is [2H]c1sc(CC(=O)OC)c([2H])c1[2H]. The maximum Gasteiger partial charge on any atom is 0.310 e. The Balaban J connectivity index is 2.90. The lowest BCUT2D eigenvalue weighted by Gasteiger charge is -1.93. The fraction of sp³-hybridized carbons (Fsp3) is 0.286. The standard InChI is InChI=1S/C7H8O2S/c1-9-7(8)5-6-3-2-4-10-6/h2-4H,5H2,1H3/i2D,3D,4D. The van der Waals surface area contributed by atoms with Gasteiger partial charge in [-0.15, -0.1) is 11.3 Å². The van der Waals surface area contributed by atoms with Crippen molar-refractivity contribution in [3.05, 3.63) is 22.3 Å². The number of esters is 1. The van der Waals surface area contributed by atoms with Gasteiger partial charge in [-0.25, -0.2) is 0 Å². The van der Waals surface area contributed by atoms with E-state index < -0.39 is 5.97 Å². The van der Waals surface area contributed by atoms with Gasteiger partial charge in [0, 0.05) is 4.88 Å². The topological polar surface area (TPSA) is 26.3 Å². The van der Waals surface area contributed by atoms with Crippen LogP contribution in [0.5, 0.6) is 0 Å². The van der Waals surface area contributed by atoms with E-state index in [1.54, 1.807) is 0 Å². The van der Waals surface area contributed by atoms with Crippen molar-refractivity contribution in [3.63, 3.8) is 0 Å². The first-order valence-electron chi connectivity index (χ1n) is 4.18. The molecule has 10 heavy (non-hydrogen) atoms. The predicted molar refractivity (Wildman–Crippen MR) is 40.0 cm³/mol. The molecule has 0 radical (unpaired) electrons. The van der Waals surface area contributed by atoms with Crippen molar-refractivity contribution < 1.29 is 13.6 Å². The lowest BCUT2D eigenvalue weighted by Crippen LogP contribution is -2.02. The van der Waals surface area contributed by atoms with E-state index in [4.69, 9.17) is 4.11 Å². The van der Waals surface area contributed by atoms with Crippen molar-refractivity contribution >= 4 is 17.3 Å². The highest BCUT2D eigenvalue weighted by molar-refractivity contribution is 7.10. The third-order valence-corrected chi connectivity index (χ3v) is 1.66. The van der Waals surface area contributed by atoms with Crippen LogP contribution in [0.1, 0.15) is 8.99 Å². The molecule has 1 rings (SSSR count). The number of carbonyl (C=O) groups is 1. The second kappa shape index (κ2) is 3.37. The first-order chi connectivity index (χ1) is 6.06. The van der Waals surface area contributed by atoms with Gasteiger partial charge in [0.2, 0.25) is 0 Å². The molecule has 54 valence electrons. The molecule has 0 fully saturated rings. The van der Waals surface area contributed by atoms with E-state index in [1.807, 2.05) is 0 Å². The number of carbonyl (C=O) groups excluding carboxylic acids is 1. The first-order valence-corrected chi connectivity index (χ1v) is 3.50. The Morgan fingerprint density at radius 1 is 2.00 bits per heavy atom. The van der Waals surface area contributed by atoms with Crippen LogP contribution in [0.25, 0.3) is 0 Å². The maximum absolute atomic E-state index is 10.8. The minimum atomic E-state index is -0.449. The van der Waals surface area contributed by atoms with Crippen molar-refractivity contribution in [2.45, 2.75) is 6.42 Å². The van der Waals surface area contributed by atoms with Crippen LogP contribution in [0, 0.1) is 0 Å². The molecule has 0 aliphatic carbocycles. The van der Waals surface area contributed by atoms with Gasteiger partial charge in [0.1, 0.15) is 0 Å². The summed E-state index contributed by atoms with van der Waals surface area (Å²) in [5.41, 5.74) is 0. The smallest absolute Gasteiger partial charge is 0.310 e. The van der Waals surface area contributed by atoms with E-state index in [0.29, 0.717) is 4.88 Å². The Labute approximate surface area is 67.7 Å². The summed E-state index contributed by atoms with van der Waals surface area (Å²) in [6.07, 6.45) is -0.0231. The monoisotopic (exact) mass is 159 g/mol. The number of thiophene rings is 1. The third kappa shape index (κ3) is 1.84. The van der Waals surface area contributed by atoms with E-state index in [0.717, 1.165) is 11.3 Å². The van der Waals surface area contributed by atoms with Crippen LogP contribution in [-0.2, 0) is 16.0 Å². The van der Waals surface area contributed by atoms with Gasteiger partial charge in [0.25, 0.3) is 0 Å². The van der Waals surface area contributed by atoms with E-state index >= 15 is 0 Å². The summed E-state index contributed by atoms with van der Waals surface area (Å²) in [6.45, 7) is 0. The lowest BCUT2D eigenvalue weighted by atomic mass is 10.3. The molecule has 0 aliphatic heterocycles. The zero-order valence-corrected chi connectivity index (χ0v) is 6.25. The molecule has 0 unspecified atom stereocenters. The van der Waals surface area contributed by atoms with Gasteiger partial charge in [0.15, 0.2) is 0 Å². The van der Waals surface area contributed by atoms with Crippen LogP contribution in [0.15, 0.2) is 17.4 Å². The van der Waals surface area contributed by atoms with Gasteiger partial charge in [-0.1, -0.05) is 6.04 Å². The van der Waals surface area contributed by atoms with Crippen molar-refractivity contribution in [1.82, 2.24) is 0 Å². The normalized spacial score (nSPS) is 13.5. The highest BCUT2D eigenvalue weighted by atomic mass is 32.1. The highest BCUT2D eigenvalue weighted by Gasteiger charge is 2.01. The minimum Gasteiger partial charge on any atom is -0.469 e. The predicted octanol–water partition coefficient (Wildman–Crippen LogP) is 1.46. The quantitative estimate of drug-likeness (QED) is 0.611. The van der Waals surface area contributed by atoms with E-state index in [-0.39, 0.29) is 23.9 Å². The summed E-state index contributed by atoms with van der Waals surface area (Å²) < 4.78 is 26.3. The summed E-state index contributed by atoms with van der Waals surface area (Å²) in [5, 5.41) is 0.0175. The zero-order valence-electron chi connectivity index (χ0n) is 8.43. The largest absolute Gasteiger partial charge is 0.469 e. The summed E-state index contributed by atoms with van der Waals surface area (Å²) in [5.74, 6) is -0.449. The summed E-state index contributed by atoms with van der Waals surface area (Å²) in [7, 11) is 1.27. The first kappa shape index (κ1) is 4.13. The van der Waals surface area contributed by atoms with Gasteiger partial charge in [-0.3, -0.25) is 4.79 Å². The third-order valence-electron chi connectivity index (χ3n) is 0.960. The highest BCUT2D eigenvalue weighted by Crippen LogP contribution is 2.08. The molecular weight excluding hydrogens is 148 g/mol. The van der Waals surface area contributed by atoms with E-state index in [1.165, 1.54) is 7.11 Å². The molecule has 1 aromatic heterocycles. The molecule has 0 amide bonds. The second-order valence-electron chi connectivity index (χ2n) is 1.63. The molecule has 1 heterocycles. The Bertz CT molecular complexity index is 335. The Hall–Kier alpha value is -0.830. The molecule has 0 aromatic carbocycles. The van der Waals surface area contributed by atoms with Gasteiger partial charge in [-0.05, 0) is 11.4 Å². The molecule has 0 spiro atoms. The van der Waals surface area contributed by atoms with Crippen LogP contribution < -0.4 is 0 Å². The number of ether oxygens (including phenoxy) is 1. The van der Waals surface area contributed by atoms with Gasteiger partial charge in [0.05, 0.1) is 17.6 Å². The van der Waals surface area contributed by atoms with E-state index in [9.17, 15) is 4.79 Å². The maximum atomic E-state index is 10.8. The zero-order chi connectivity index (χ0) is 10.0. The van der Waals surface area contributed by atoms with Crippen molar-refractivity contribution in [1.29, 1.82) is 0 Å². The molecule has 0 atom stereocenters. The number of methoxy groups -OCH3 is 1. The lowest BCUT2D eigenvalue weighted by molar-refractivity contribution is -0.139. The van der Waals surface area contributed by atoms with Crippen LogP contribution >= 0.6 is 11.3 Å². The molecule has 1 aromatic rings. The Morgan fingerprint density at radius 2 is 2.80 bits per heavy atom. The average Bonchev–Trinajstić information content (AvgIpc) is 2.34. The molecular formula is C7H8O2S. The molecule has 0 aliphatic rings. The van der Waals surface area contributed by atoms with Crippen molar-refractivity contribution in [2.75, 3.05) is 7.11 Å². The number of rotatable bonds is 2. The molecule has 0 saturated heterocycles. The van der Waals surface area contributed by atoms with E-state index in [2.05, 4.69) is 4.74 Å². The molecule has 3 heteroatoms. The Morgan fingerprint density at radius 3 is 3.30 bits per heavy atom. The van der Waals surface area contributed by atoms with Crippen LogP contribution in [0.4, 0.5) is 0 Å². The van der Waals surface area contributed by atoms with Gasteiger partial charge in [-0.2, -0.15) is 0 Å². The summed E-state index contributed by atoms with van der Waals surface area (Å²) in [6, 6.07) is -0.163. The minimum absolute atomic E-state index is 0.0175. The molecule has 2 nitrogen and oxygen atoms in total. The van der Waals surface area contributed by atoms with Gasteiger partial charge < -0.3 is 4.74 Å². The summed E-state index contributed by atoms with van der Waals surface area (Å²) >= 11 is 0.976. The number of hydrogen-bond acceptors (Lipinski definition) is 3. The summed E-state index contributed by atoms with van der Waals surface area (Å²) in [4.78, 5) is 11.3. The van der Waals surface area contributed by atoms with Crippen LogP contribution in [-0.4, -0.2) is 13.1 Å². The molecule has 0 bridgehead atoms. The Kier molecular flexibility index (Phi) is 1.39. The van der Waals surface area contributed by atoms with Crippen LogP contribution in [0.2, 0.25) is 0 Å². The second-order valence-corrected chi connectivity index (χ2v) is 2.53. The fourth-order valence-electron chi connectivity index (χ4n) is 0.491. The van der Waals surface area contributed by atoms with Gasteiger partial charge >= 0.3 is 5.97 Å². The molecule has 0 saturated carbocycles. The van der Waals surface area contributed by atoms with Crippen molar-refractivity contribution in [2.24, 2.45) is 0 Å².